The summed E-state index contributed by atoms with van der Waals surface area (Å²) >= 11 is 0. The summed E-state index contributed by atoms with van der Waals surface area (Å²) in [5.41, 5.74) is 0. The Kier molecular flexibility index (Phi) is 4.05. The molecule has 0 spiro atoms. The fourth-order valence-corrected chi connectivity index (χ4v) is 2.84. The van der Waals surface area contributed by atoms with Crippen molar-refractivity contribution in [2.75, 3.05) is 26.2 Å². The van der Waals surface area contributed by atoms with Crippen molar-refractivity contribution in [3.8, 4) is 0 Å². The average molecular weight is 280 g/mol. The van der Waals surface area contributed by atoms with E-state index in [1.54, 1.807) is 0 Å². The Bertz CT molecular complexity index is 444. The van der Waals surface area contributed by atoms with Crippen molar-refractivity contribution in [1.29, 1.82) is 0 Å². The van der Waals surface area contributed by atoms with Crippen LogP contribution in [-0.2, 0) is 6.54 Å². The Balaban J connectivity index is 1.51. The molecule has 1 aliphatic heterocycles. The summed E-state index contributed by atoms with van der Waals surface area (Å²) in [4.78, 5) is 4.69. The van der Waals surface area contributed by atoms with Gasteiger partial charge in [-0.3, -0.25) is 9.80 Å². The van der Waals surface area contributed by atoms with Crippen molar-refractivity contribution in [2.24, 2.45) is 0 Å². The Morgan fingerprint density at radius 3 is 2.80 bits per heavy atom. The number of β-amino-alcohol motifs (C(OH)–C–C–N with tert-alkyl or cyclic N) is 1. The van der Waals surface area contributed by atoms with Gasteiger partial charge in [0.2, 0.25) is 11.8 Å². The van der Waals surface area contributed by atoms with E-state index in [0.717, 1.165) is 44.5 Å². The molecule has 1 aromatic heterocycles. The molecule has 2 atom stereocenters. The number of aromatic nitrogens is 2. The standard InChI is InChI=1S/C14H24N4O2/c1-10-7-17(5-6-18(10)8-11(2)19)9-13-15-16-14(20-13)12-3-4-12/h10-12,19H,3-9H2,1-2H3/t10-,11-/m0/s1. The maximum atomic E-state index is 9.50. The number of aliphatic hydroxyl groups is 1. The first-order valence-electron chi connectivity index (χ1n) is 7.58. The maximum Gasteiger partial charge on any atom is 0.230 e. The number of piperazine rings is 1. The van der Waals surface area contributed by atoms with Crippen LogP contribution in [0.1, 0.15) is 44.4 Å². The SMILES string of the molecule is C[C@H](O)CN1CCN(Cc2nnc(C3CC3)o2)C[C@@H]1C. The number of hydrogen-bond donors (Lipinski definition) is 1. The predicted molar refractivity (Wildman–Crippen MR) is 74.3 cm³/mol. The first kappa shape index (κ1) is 14.0. The summed E-state index contributed by atoms with van der Waals surface area (Å²) in [6.07, 6.45) is 2.12. The van der Waals surface area contributed by atoms with Gasteiger partial charge in [-0.1, -0.05) is 0 Å². The summed E-state index contributed by atoms with van der Waals surface area (Å²) in [6, 6.07) is 0.448. The van der Waals surface area contributed by atoms with Crippen LogP contribution in [0.5, 0.6) is 0 Å². The van der Waals surface area contributed by atoms with Crippen LogP contribution in [-0.4, -0.2) is 63.4 Å². The first-order valence-corrected chi connectivity index (χ1v) is 7.58. The molecule has 112 valence electrons. The van der Waals surface area contributed by atoms with E-state index in [1.807, 2.05) is 6.92 Å². The lowest BCUT2D eigenvalue weighted by molar-refractivity contribution is 0.0391. The average Bonchev–Trinajstić information content (AvgIpc) is 3.14. The normalized spacial score (nSPS) is 26.9. The summed E-state index contributed by atoms with van der Waals surface area (Å²) in [7, 11) is 0. The Morgan fingerprint density at radius 1 is 1.35 bits per heavy atom. The van der Waals surface area contributed by atoms with E-state index in [4.69, 9.17) is 4.42 Å². The van der Waals surface area contributed by atoms with Crippen LogP contribution in [0.15, 0.2) is 4.42 Å². The zero-order valence-electron chi connectivity index (χ0n) is 12.3. The second-order valence-electron chi connectivity index (χ2n) is 6.24. The van der Waals surface area contributed by atoms with E-state index < -0.39 is 0 Å². The number of aliphatic hydroxyl groups excluding tert-OH is 1. The summed E-state index contributed by atoms with van der Waals surface area (Å²) in [6.45, 7) is 8.49. The zero-order valence-corrected chi connectivity index (χ0v) is 12.3. The largest absolute Gasteiger partial charge is 0.424 e. The van der Waals surface area contributed by atoms with E-state index >= 15 is 0 Å². The van der Waals surface area contributed by atoms with E-state index in [9.17, 15) is 5.11 Å². The van der Waals surface area contributed by atoms with Gasteiger partial charge in [0.25, 0.3) is 0 Å². The third kappa shape index (κ3) is 3.37. The smallest absolute Gasteiger partial charge is 0.230 e. The van der Waals surface area contributed by atoms with Crippen molar-refractivity contribution in [1.82, 2.24) is 20.0 Å². The molecule has 1 N–H and O–H groups in total. The predicted octanol–water partition coefficient (Wildman–Crippen LogP) is 0.834. The molecule has 2 fully saturated rings. The van der Waals surface area contributed by atoms with Crippen LogP contribution in [0.4, 0.5) is 0 Å². The van der Waals surface area contributed by atoms with Gasteiger partial charge < -0.3 is 9.52 Å². The highest BCUT2D eigenvalue weighted by Gasteiger charge is 2.30. The molecule has 6 nitrogen and oxygen atoms in total. The van der Waals surface area contributed by atoms with E-state index in [1.165, 1.54) is 12.8 Å². The lowest BCUT2D eigenvalue weighted by Crippen LogP contribution is -2.53. The van der Waals surface area contributed by atoms with Gasteiger partial charge in [-0.05, 0) is 26.7 Å². The molecule has 0 radical (unpaired) electrons. The maximum absolute atomic E-state index is 9.50. The van der Waals surface area contributed by atoms with Gasteiger partial charge in [0.05, 0.1) is 12.6 Å². The Hall–Kier alpha value is -0.980. The lowest BCUT2D eigenvalue weighted by atomic mass is 10.1. The van der Waals surface area contributed by atoms with Crippen LogP contribution < -0.4 is 0 Å². The summed E-state index contributed by atoms with van der Waals surface area (Å²) in [5.74, 6) is 2.09. The van der Waals surface area contributed by atoms with Crippen LogP contribution in [0.25, 0.3) is 0 Å². The van der Waals surface area contributed by atoms with E-state index in [2.05, 4.69) is 26.9 Å². The second-order valence-corrected chi connectivity index (χ2v) is 6.24. The minimum atomic E-state index is -0.263. The molecule has 0 aromatic carbocycles. The molecular formula is C14H24N4O2. The minimum Gasteiger partial charge on any atom is -0.424 e. The van der Waals surface area contributed by atoms with Gasteiger partial charge in [0.15, 0.2) is 0 Å². The highest BCUT2D eigenvalue weighted by Crippen LogP contribution is 2.39. The van der Waals surface area contributed by atoms with E-state index in [-0.39, 0.29) is 6.10 Å². The zero-order chi connectivity index (χ0) is 14.1. The van der Waals surface area contributed by atoms with Crippen LogP contribution in [0, 0.1) is 0 Å². The minimum absolute atomic E-state index is 0.263. The van der Waals surface area contributed by atoms with Gasteiger partial charge >= 0.3 is 0 Å². The molecule has 0 amide bonds. The summed E-state index contributed by atoms with van der Waals surface area (Å²) < 4.78 is 5.72. The molecule has 6 heteroatoms. The topological polar surface area (TPSA) is 65.6 Å². The third-order valence-corrected chi connectivity index (χ3v) is 4.12. The van der Waals surface area contributed by atoms with Gasteiger partial charge in [0.1, 0.15) is 0 Å². The van der Waals surface area contributed by atoms with Gasteiger partial charge in [-0.25, -0.2) is 0 Å². The molecule has 0 unspecified atom stereocenters. The van der Waals surface area contributed by atoms with Crippen molar-refractivity contribution >= 4 is 0 Å². The third-order valence-electron chi connectivity index (χ3n) is 4.12. The molecule has 3 rings (SSSR count). The fraction of sp³-hybridized carbons (Fsp3) is 0.857. The van der Waals surface area contributed by atoms with Crippen LogP contribution in [0.2, 0.25) is 0 Å². The quantitative estimate of drug-likeness (QED) is 0.862. The van der Waals surface area contributed by atoms with Crippen LogP contribution >= 0.6 is 0 Å². The molecule has 1 aliphatic carbocycles. The van der Waals surface area contributed by atoms with Gasteiger partial charge in [-0.2, -0.15) is 0 Å². The molecule has 2 heterocycles. The van der Waals surface area contributed by atoms with Crippen molar-refractivity contribution in [2.45, 2.75) is 51.3 Å². The van der Waals surface area contributed by atoms with Crippen molar-refractivity contribution < 1.29 is 9.52 Å². The molecule has 0 bridgehead atoms. The Morgan fingerprint density at radius 2 is 2.15 bits per heavy atom. The highest BCUT2D eigenvalue weighted by molar-refractivity contribution is 5.00. The fourth-order valence-electron chi connectivity index (χ4n) is 2.84. The van der Waals surface area contributed by atoms with Gasteiger partial charge in [0, 0.05) is 38.1 Å². The molecular weight excluding hydrogens is 256 g/mol. The Labute approximate surface area is 119 Å². The summed E-state index contributed by atoms with van der Waals surface area (Å²) in [5, 5.41) is 17.8. The molecule has 2 aliphatic rings. The van der Waals surface area contributed by atoms with Crippen molar-refractivity contribution in [3.63, 3.8) is 0 Å². The molecule has 1 saturated heterocycles. The molecule has 1 aromatic rings. The number of rotatable bonds is 5. The van der Waals surface area contributed by atoms with Crippen LogP contribution in [0.3, 0.4) is 0 Å². The van der Waals surface area contributed by atoms with E-state index in [0.29, 0.717) is 12.0 Å². The monoisotopic (exact) mass is 280 g/mol. The molecule has 20 heavy (non-hydrogen) atoms. The first-order chi connectivity index (χ1) is 9.61. The number of hydrogen-bond acceptors (Lipinski definition) is 6. The van der Waals surface area contributed by atoms with Gasteiger partial charge in [-0.15, -0.1) is 10.2 Å². The van der Waals surface area contributed by atoms with Crippen molar-refractivity contribution in [3.05, 3.63) is 11.8 Å². The lowest BCUT2D eigenvalue weighted by Gasteiger charge is -2.39. The highest BCUT2D eigenvalue weighted by atomic mass is 16.4. The number of nitrogens with zero attached hydrogens (tertiary/aromatic N) is 4. The molecule has 1 saturated carbocycles. The second kappa shape index (κ2) is 5.79.